The highest BCUT2D eigenvalue weighted by atomic mass is 16.6. The molecule has 1 aliphatic heterocycles. The third-order valence-corrected chi connectivity index (χ3v) is 8.29. The first-order chi connectivity index (χ1) is 25.4. The summed E-state index contributed by atoms with van der Waals surface area (Å²) in [5, 5.41) is 5.74. The van der Waals surface area contributed by atoms with Gasteiger partial charge in [0.1, 0.15) is 28.6 Å². The van der Waals surface area contributed by atoms with Crippen LogP contribution >= 0.6 is 0 Å². The van der Waals surface area contributed by atoms with Crippen molar-refractivity contribution in [2.24, 2.45) is 5.41 Å². The molecule has 2 amide bonds. The number of ether oxygens (including phenoxy) is 4. The van der Waals surface area contributed by atoms with Gasteiger partial charge in [0.05, 0.1) is 13.2 Å². The lowest BCUT2D eigenvalue weighted by molar-refractivity contribution is -0.162. The molecule has 1 heterocycles. The smallest absolute Gasteiger partial charge is 0.407 e. The minimum Gasteiger partial charge on any atom is -0.494 e. The number of nitrogens with one attached hydrogen (secondary N) is 2. The van der Waals surface area contributed by atoms with Crippen LogP contribution in [0.3, 0.4) is 0 Å². The number of esters is 2. The number of carbonyl (C=O) groups excluding carboxylic acids is 4. The average molecular weight is 776 g/mol. The zero-order valence-electron chi connectivity index (χ0n) is 36.1. The van der Waals surface area contributed by atoms with E-state index in [0.29, 0.717) is 65.1 Å². The number of amides is 2. The van der Waals surface area contributed by atoms with E-state index < -0.39 is 28.9 Å². The predicted molar refractivity (Wildman–Crippen MR) is 216 cm³/mol. The topological polar surface area (TPSA) is 139 Å². The van der Waals surface area contributed by atoms with Crippen molar-refractivity contribution in [3.63, 3.8) is 0 Å². The first-order valence-corrected chi connectivity index (χ1v) is 20.0. The van der Waals surface area contributed by atoms with Crippen LogP contribution in [-0.2, 0) is 35.0 Å². The van der Waals surface area contributed by atoms with Gasteiger partial charge in [-0.3, -0.25) is 24.2 Å². The molecule has 1 atom stereocenters. The Kier molecular flexibility index (Phi) is 18.9. The normalized spacial score (nSPS) is 16.2. The molecule has 0 bridgehead atoms. The fraction of sp³-hybridized carbons (Fsp3) is 0.762. The van der Waals surface area contributed by atoms with Gasteiger partial charge in [0.25, 0.3) is 0 Å². The summed E-state index contributed by atoms with van der Waals surface area (Å²) in [4.78, 5) is 58.1. The van der Waals surface area contributed by atoms with E-state index in [9.17, 15) is 19.2 Å². The molecule has 13 nitrogen and oxygen atoms in total. The fourth-order valence-corrected chi connectivity index (χ4v) is 6.05. The third kappa shape index (κ3) is 22.7. The Balaban J connectivity index is 1.96. The van der Waals surface area contributed by atoms with Crippen LogP contribution < -0.4 is 15.4 Å². The highest BCUT2D eigenvalue weighted by Crippen LogP contribution is 2.20. The maximum atomic E-state index is 13.7. The minimum atomic E-state index is -0.683. The summed E-state index contributed by atoms with van der Waals surface area (Å²) in [7, 11) is 0. The lowest BCUT2D eigenvalue weighted by Crippen LogP contribution is -2.49. The van der Waals surface area contributed by atoms with Crippen molar-refractivity contribution in [1.29, 1.82) is 0 Å². The molecule has 55 heavy (non-hydrogen) atoms. The Labute approximate surface area is 331 Å². The van der Waals surface area contributed by atoms with Gasteiger partial charge in [0.2, 0.25) is 5.91 Å². The van der Waals surface area contributed by atoms with E-state index in [0.717, 1.165) is 30.9 Å². The summed E-state index contributed by atoms with van der Waals surface area (Å²) >= 11 is 0. The summed E-state index contributed by atoms with van der Waals surface area (Å²) in [6, 6.07) is 7.09. The molecule has 1 saturated heterocycles. The molecule has 314 valence electrons. The van der Waals surface area contributed by atoms with Crippen molar-refractivity contribution in [2.45, 2.75) is 132 Å². The second kappa shape index (κ2) is 21.8. The average Bonchev–Trinajstić information content (AvgIpc) is 3.09. The van der Waals surface area contributed by atoms with Crippen molar-refractivity contribution >= 4 is 23.9 Å². The molecule has 2 N–H and O–H groups in total. The van der Waals surface area contributed by atoms with Gasteiger partial charge in [-0.1, -0.05) is 32.9 Å². The minimum absolute atomic E-state index is 0.0661. The van der Waals surface area contributed by atoms with Crippen LogP contribution in [0.2, 0.25) is 0 Å². The van der Waals surface area contributed by atoms with Gasteiger partial charge >= 0.3 is 18.0 Å². The molecule has 1 unspecified atom stereocenters. The van der Waals surface area contributed by atoms with Gasteiger partial charge in [0.15, 0.2) is 0 Å². The zero-order chi connectivity index (χ0) is 41.5. The van der Waals surface area contributed by atoms with Crippen LogP contribution in [0.5, 0.6) is 5.75 Å². The van der Waals surface area contributed by atoms with Gasteiger partial charge in [-0.05, 0) is 105 Å². The van der Waals surface area contributed by atoms with E-state index in [1.165, 1.54) is 0 Å². The molecule has 1 aromatic rings. The van der Waals surface area contributed by atoms with Crippen molar-refractivity contribution in [2.75, 3.05) is 72.1 Å². The van der Waals surface area contributed by atoms with Gasteiger partial charge < -0.3 is 34.5 Å². The first kappa shape index (κ1) is 47.7. The molecule has 0 radical (unpaired) electrons. The molecule has 1 fully saturated rings. The van der Waals surface area contributed by atoms with Crippen LogP contribution in [0.1, 0.15) is 108 Å². The second-order valence-corrected chi connectivity index (χ2v) is 18.7. The molecular formula is C42H73N5O8. The Morgan fingerprint density at radius 1 is 0.691 bits per heavy atom. The Morgan fingerprint density at radius 2 is 1.25 bits per heavy atom. The van der Waals surface area contributed by atoms with Crippen molar-refractivity contribution in [3.8, 4) is 5.75 Å². The van der Waals surface area contributed by atoms with E-state index in [4.69, 9.17) is 18.9 Å². The van der Waals surface area contributed by atoms with Gasteiger partial charge in [-0.15, -0.1) is 0 Å². The monoisotopic (exact) mass is 776 g/mol. The largest absolute Gasteiger partial charge is 0.494 e. The zero-order valence-corrected chi connectivity index (χ0v) is 36.1. The number of carbonyl (C=O) groups is 4. The summed E-state index contributed by atoms with van der Waals surface area (Å²) in [6.45, 7) is 29.6. The number of alkyl carbamates (subject to hydrolysis) is 1. The number of hydrogen-bond donors (Lipinski definition) is 2. The van der Waals surface area contributed by atoms with Crippen molar-refractivity contribution < 1.29 is 38.1 Å². The second-order valence-electron chi connectivity index (χ2n) is 18.7. The van der Waals surface area contributed by atoms with E-state index in [1.807, 2.05) is 86.6 Å². The van der Waals surface area contributed by atoms with E-state index >= 15 is 0 Å². The number of rotatable bonds is 16. The molecule has 0 spiro atoms. The van der Waals surface area contributed by atoms with Crippen molar-refractivity contribution in [3.05, 3.63) is 29.8 Å². The van der Waals surface area contributed by atoms with Gasteiger partial charge in [0, 0.05) is 65.3 Å². The molecule has 1 aliphatic rings. The molecule has 0 aliphatic carbocycles. The van der Waals surface area contributed by atoms with E-state index in [2.05, 4.69) is 46.1 Å². The highest BCUT2D eigenvalue weighted by molar-refractivity contribution is 5.79. The lowest BCUT2D eigenvalue weighted by Gasteiger charge is -2.34. The lowest BCUT2D eigenvalue weighted by atomic mass is 9.96. The fourth-order valence-electron chi connectivity index (χ4n) is 6.05. The van der Waals surface area contributed by atoms with E-state index in [1.54, 1.807) is 0 Å². The summed E-state index contributed by atoms with van der Waals surface area (Å²) in [5.74, 6) is -0.0292. The Hall–Kier alpha value is -3.42. The maximum absolute atomic E-state index is 13.7. The molecular weight excluding hydrogens is 702 g/mol. The van der Waals surface area contributed by atoms with Crippen LogP contribution in [0.15, 0.2) is 24.3 Å². The SMILES string of the molecule is CC(C)(C)CN1CCN(CC(=O)OC(C)(C)C)CCN(C(CCC(=O)NCCCOc2ccc(CCNC(=O)OC(C)(C)C)cc2)C(=O)OC(C)(C)C)CC1. The number of nitrogens with zero attached hydrogens (tertiary/aromatic N) is 3. The van der Waals surface area contributed by atoms with Crippen LogP contribution in [0.4, 0.5) is 4.79 Å². The van der Waals surface area contributed by atoms with Crippen LogP contribution in [0, 0.1) is 5.41 Å². The number of hydrogen-bond acceptors (Lipinski definition) is 11. The van der Waals surface area contributed by atoms with Gasteiger partial charge in [-0.25, -0.2) is 4.79 Å². The first-order valence-electron chi connectivity index (χ1n) is 20.0. The molecule has 1 aromatic carbocycles. The van der Waals surface area contributed by atoms with E-state index in [-0.39, 0.29) is 36.2 Å². The molecule has 2 rings (SSSR count). The standard InChI is InChI=1S/C42H73N5O8/c1-39(2,3)31-46-24-23-45(30-36(49)53-40(4,5)6)25-27-47(28-26-46)34(37(50)54-41(7,8)9)18-19-35(48)43-21-13-29-52-33-16-14-32(15-17-33)20-22-44-38(51)55-42(10,11)12/h14-17,34H,13,18-31H2,1-12H3,(H,43,48)(H,44,51). The molecule has 0 aromatic heterocycles. The summed E-state index contributed by atoms with van der Waals surface area (Å²) in [6.07, 6.45) is 1.33. The quantitative estimate of drug-likeness (QED) is 0.126. The Morgan fingerprint density at radius 3 is 1.84 bits per heavy atom. The Bertz CT molecular complexity index is 1340. The van der Waals surface area contributed by atoms with Gasteiger partial charge in [-0.2, -0.15) is 0 Å². The predicted octanol–water partition coefficient (Wildman–Crippen LogP) is 5.44. The highest BCUT2D eigenvalue weighted by Gasteiger charge is 2.33. The summed E-state index contributed by atoms with van der Waals surface area (Å²) < 4.78 is 22.7. The number of benzene rings is 1. The molecule has 13 heteroatoms. The third-order valence-electron chi connectivity index (χ3n) is 8.29. The van der Waals surface area contributed by atoms with Crippen LogP contribution in [0.25, 0.3) is 0 Å². The van der Waals surface area contributed by atoms with Crippen LogP contribution in [-0.4, -0.2) is 134 Å². The molecule has 0 saturated carbocycles. The van der Waals surface area contributed by atoms with Crippen molar-refractivity contribution in [1.82, 2.24) is 25.3 Å². The summed E-state index contributed by atoms with van der Waals surface area (Å²) in [5.41, 5.74) is -0.663. The maximum Gasteiger partial charge on any atom is 0.407 e.